The molecule has 1 saturated carbocycles. The number of nitrogens with zero attached hydrogens (tertiary/aromatic N) is 3. The molecule has 2 saturated heterocycles. The van der Waals surface area contributed by atoms with Gasteiger partial charge in [0.2, 0.25) is 5.60 Å². The van der Waals surface area contributed by atoms with E-state index in [9.17, 15) is 14.7 Å². The minimum atomic E-state index is -2.27. The lowest BCUT2D eigenvalue weighted by atomic mass is 9.46. The molecule has 0 radical (unpaired) electrons. The molecule has 6 aliphatic heterocycles. The van der Waals surface area contributed by atoms with Crippen molar-refractivity contribution in [3.05, 3.63) is 111 Å². The number of thioether (sulfide) groups is 1. The molecule has 0 amide bonds. The Morgan fingerprint density at radius 3 is 2.50 bits per heavy atom. The largest absolute Gasteiger partial charge is 0.468 e. The van der Waals surface area contributed by atoms with E-state index in [4.69, 9.17) is 30.5 Å². The van der Waals surface area contributed by atoms with E-state index in [1.807, 2.05) is 37.1 Å². The number of benzene rings is 2. The average molecular weight is 934 g/mol. The van der Waals surface area contributed by atoms with Crippen molar-refractivity contribution in [2.75, 3.05) is 61.1 Å². The zero-order chi connectivity index (χ0) is 46.5. The number of hydrogen-bond donors (Lipinski definition) is 1. The number of aliphatic hydroxyl groups is 1. The van der Waals surface area contributed by atoms with Crippen molar-refractivity contribution in [3.63, 3.8) is 0 Å². The highest BCUT2D eigenvalue weighted by atomic mass is 35.5. The molecule has 0 aromatic heterocycles. The number of esters is 3. The highest BCUT2D eigenvalue weighted by molar-refractivity contribution is 7.98. The number of carbonyl (C=O) groups is 3. The predicted octanol–water partition coefficient (Wildman–Crippen LogP) is 5.90. The molecule has 2 aromatic carbocycles. The van der Waals surface area contributed by atoms with Crippen molar-refractivity contribution in [2.45, 2.75) is 87.0 Å². The topological polar surface area (TPSA) is 118 Å². The Hall–Kier alpha value is -4.11. The number of halogens is 1. The molecule has 10 rings (SSSR count). The van der Waals surface area contributed by atoms with E-state index in [0.717, 1.165) is 57.5 Å². The zero-order valence-electron chi connectivity index (χ0n) is 39.1. The summed E-state index contributed by atoms with van der Waals surface area (Å²) < 4.78 is 24.4. The van der Waals surface area contributed by atoms with E-state index in [-0.39, 0.29) is 17.9 Å². The van der Waals surface area contributed by atoms with Gasteiger partial charge in [-0.3, -0.25) is 19.4 Å². The lowest BCUT2D eigenvalue weighted by molar-refractivity contribution is -0.243. The van der Waals surface area contributed by atoms with Gasteiger partial charge in [0.1, 0.15) is 0 Å². The molecule has 14 heteroatoms. The van der Waals surface area contributed by atoms with Crippen molar-refractivity contribution in [1.82, 2.24) is 14.7 Å². The standard InChI is InChI=1S/C52H61BClN3O8S/c1-8-31-21-32-25-51(47(59)63-6,43-36(28-56(26-31)27-32)35-22-34(15-16-39(35)53-43)66-29-33-13-10-11-14-40(33)54)38-23-37-41(24-42(38)62-5)55(4)45-50(37)18-20-57-19-12-17-49(9-2,44(50)57)46(65-30(3)58)52(45,61)48(60)64-7/h10-17,21-24,32,38,42,44-46,53,61H,8-9,18-20,25-29H2,1-7H3/t32-,38?,42?,44+,45-,46-,49-,50-,51+,52+/m1/s1. The van der Waals surface area contributed by atoms with Gasteiger partial charge in [-0.05, 0) is 84.7 Å². The number of likely N-dealkylation sites (tertiary alicyclic amines) is 1. The average Bonchev–Trinajstić information content (AvgIpc) is 3.97. The molecule has 8 aliphatic rings. The molecule has 11 atom stereocenters. The summed E-state index contributed by atoms with van der Waals surface area (Å²) in [6.07, 6.45) is 11.7. The van der Waals surface area contributed by atoms with Crippen molar-refractivity contribution in [2.24, 2.45) is 28.1 Å². The molecule has 2 aliphatic carbocycles. The van der Waals surface area contributed by atoms with Gasteiger partial charge in [-0.15, -0.1) is 11.8 Å². The summed E-state index contributed by atoms with van der Waals surface area (Å²) in [6, 6.07) is 13.6. The second kappa shape index (κ2) is 16.8. The third kappa shape index (κ3) is 6.42. The van der Waals surface area contributed by atoms with E-state index in [1.54, 1.807) is 18.9 Å². The molecule has 348 valence electrons. The van der Waals surface area contributed by atoms with Gasteiger partial charge in [-0.1, -0.05) is 90.5 Å². The van der Waals surface area contributed by atoms with Crippen LogP contribution in [0.5, 0.6) is 0 Å². The van der Waals surface area contributed by atoms with Gasteiger partial charge in [0.05, 0.1) is 31.8 Å². The van der Waals surface area contributed by atoms with Crippen LogP contribution in [-0.4, -0.2) is 136 Å². The Balaban J connectivity index is 1.19. The highest BCUT2D eigenvalue weighted by Gasteiger charge is 2.81. The molecule has 11 nitrogen and oxygen atoms in total. The number of likely N-dealkylation sites (N-methyl/N-ethyl adjacent to an activating group) is 1. The van der Waals surface area contributed by atoms with E-state index < -0.39 is 58.0 Å². The van der Waals surface area contributed by atoms with Crippen LogP contribution in [0.15, 0.2) is 100 Å². The van der Waals surface area contributed by atoms with Crippen molar-refractivity contribution < 1.29 is 38.4 Å². The summed E-state index contributed by atoms with van der Waals surface area (Å²) in [6.45, 7) is 9.33. The summed E-state index contributed by atoms with van der Waals surface area (Å²) in [5.74, 6) is -1.45. The van der Waals surface area contributed by atoms with E-state index in [2.05, 4.69) is 71.4 Å². The van der Waals surface area contributed by atoms with Gasteiger partial charge in [0, 0.05) is 91.4 Å². The van der Waals surface area contributed by atoms with Crippen molar-refractivity contribution >= 4 is 59.6 Å². The summed E-state index contributed by atoms with van der Waals surface area (Å²) in [7, 11) is 7.00. The van der Waals surface area contributed by atoms with Gasteiger partial charge in [0.15, 0.2) is 13.4 Å². The number of ether oxygens (including phenoxy) is 4. The van der Waals surface area contributed by atoms with Crippen LogP contribution in [0.3, 0.4) is 0 Å². The van der Waals surface area contributed by atoms with E-state index in [0.29, 0.717) is 46.2 Å². The van der Waals surface area contributed by atoms with Crippen LogP contribution in [0.4, 0.5) is 0 Å². The fourth-order valence-electron chi connectivity index (χ4n) is 14.5. The smallest absolute Gasteiger partial charge is 0.344 e. The Labute approximate surface area is 398 Å². The van der Waals surface area contributed by atoms with Crippen LogP contribution < -0.4 is 5.46 Å². The number of fused-ring (bicyclic) bond motifs is 5. The van der Waals surface area contributed by atoms with E-state index >= 15 is 4.79 Å². The molecule has 2 bridgehead atoms. The Bertz CT molecular complexity index is 2540. The Morgan fingerprint density at radius 2 is 1.79 bits per heavy atom. The maximum atomic E-state index is 15.6. The first-order chi connectivity index (χ1) is 31.7. The first-order valence-corrected chi connectivity index (χ1v) is 24.9. The molecule has 2 aromatic rings. The van der Waals surface area contributed by atoms with Gasteiger partial charge in [-0.2, -0.15) is 0 Å². The molecular formula is C52H61BClN3O8S. The van der Waals surface area contributed by atoms with Gasteiger partial charge in [0.25, 0.3) is 0 Å². The zero-order valence-corrected chi connectivity index (χ0v) is 40.7. The summed E-state index contributed by atoms with van der Waals surface area (Å²) in [5.41, 5.74) is 3.61. The minimum Gasteiger partial charge on any atom is -0.468 e. The highest BCUT2D eigenvalue weighted by Crippen LogP contribution is 2.70. The molecule has 1 spiro atoms. The number of methoxy groups -OCH3 is 3. The summed E-state index contributed by atoms with van der Waals surface area (Å²) in [5, 5.41) is 14.2. The lowest BCUT2D eigenvalue weighted by Gasteiger charge is -2.63. The summed E-state index contributed by atoms with van der Waals surface area (Å²) in [4.78, 5) is 51.4. The van der Waals surface area contributed by atoms with Crippen LogP contribution in [0.1, 0.15) is 57.6 Å². The normalized spacial score (nSPS) is 36.0. The van der Waals surface area contributed by atoms with Gasteiger partial charge >= 0.3 is 17.9 Å². The van der Waals surface area contributed by atoms with Crippen LogP contribution in [0.2, 0.25) is 5.02 Å². The van der Waals surface area contributed by atoms with Crippen LogP contribution in [0, 0.1) is 28.1 Å². The second-order valence-electron chi connectivity index (χ2n) is 19.8. The number of rotatable bonds is 10. The molecule has 3 unspecified atom stereocenters. The van der Waals surface area contributed by atoms with Gasteiger partial charge in [-0.25, -0.2) is 4.79 Å². The first kappa shape index (κ1) is 45.7. The van der Waals surface area contributed by atoms with Crippen LogP contribution in [0.25, 0.3) is 5.57 Å². The lowest BCUT2D eigenvalue weighted by Crippen LogP contribution is -2.79. The second-order valence-corrected chi connectivity index (χ2v) is 21.3. The fourth-order valence-corrected chi connectivity index (χ4v) is 15.8. The maximum Gasteiger partial charge on any atom is 0.344 e. The SMILES string of the molecule is CCC1=C[C@H]2CN(C1)CC1=C(Bc3ccc(SCc4ccccc4Cl)cc31)[C@@](C(=O)OC)(C1C=C3C(=CC1OC)N(C)[C@H]1[C@@](O)(C(=O)OC)[C@H](OC(C)=O)[C@]4(CC)C=CCN5CC[C@]31[C@@H]54)C2. The quantitative estimate of drug-likeness (QED) is 0.101. The number of carbonyl (C=O) groups excluding carboxylic acids is 3. The maximum absolute atomic E-state index is 15.6. The summed E-state index contributed by atoms with van der Waals surface area (Å²) >= 11 is 8.37. The van der Waals surface area contributed by atoms with E-state index in [1.165, 1.54) is 43.3 Å². The Kier molecular flexibility index (Phi) is 11.7. The fraction of sp³-hybridized carbons (Fsp3) is 0.519. The van der Waals surface area contributed by atoms with Crippen LogP contribution in [-0.2, 0) is 39.1 Å². The third-order valence-corrected chi connectivity index (χ3v) is 18.4. The first-order valence-electron chi connectivity index (χ1n) is 23.6. The molecule has 66 heavy (non-hydrogen) atoms. The minimum absolute atomic E-state index is 0.0625. The number of allylic oxidation sites excluding steroid dienone is 1. The molecule has 1 N–H and O–H groups in total. The van der Waals surface area contributed by atoms with Gasteiger partial charge < -0.3 is 29.0 Å². The third-order valence-electron chi connectivity index (χ3n) is 16.9. The van der Waals surface area contributed by atoms with Crippen LogP contribution >= 0.6 is 23.4 Å². The number of hydrogen-bond acceptors (Lipinski definition) is 12. The predicted molar refractivity (Wildman–Crippen MR) is 257 cm³/mol. The molecular weight excluding hydrogens is 873 g/mol. The monoisotopic (exact) mass is 933 g/mol. The molecule has 3 fully saturated rings. The Morgan fingerprint density at radius 1 is 1.00 bits per heavy atom. The molecule has 6 heterocycles. The van der Waals surface area contributed by atoms with Crippen molar-refractivity contribution in [1.29, 1.82) is 0 Å². The van der Waals surface area contributed by atoms with Crippen molar-refractivity contribution in [3.8, 4) is 0 Å².